The van der Waals surface area contributed by atoms with Crippen LogP contribution in [-0.4, -0.2) is 15.3 Å². The van der Waals surface area contributed by atoms with E-state index in [1.807, 2.05) is 29.7 Å². The number of hydrogen-bond acceptors (Lipinski definition) is 3. The van der Waals surface area contributed by atoms with Gasteiger partial charge in [0.05, 0.1) is 17.9 Å². The molecule has 0 amide bonds. The quantitative estimate of drug-likeness (QED) is 0.663. The van der Waals surface area contributed by atoms with Crippen LogP contribution in [0.25, 0.3) is 5.69 Å². The van der Waals surface area contributed by atoms with Gasteiger partial charge in [-0.15, -0.1) is 0 Å². The van der Waals surface area contributed by atoms with Crippen LogP contribution < -0.4 is 5.56 Å². The van der Waals surface area contributed by atoms with Crippen LogP contribution in [0, 0.1) is 13.8 Å². The minimum Gasteiger partial charge on any atom is -0.300 e. The molecule has 2 aromatic carbocycles. The van der Waals surface area contributed by atoms with E-state index in [0.717, 1.165) is 34.6 Å². The van der Waals surface area contributed by atoms with Crippen molar-refractivity contribution in [3.63, 3.8) is 0 Å². The number of nitrogens with zero attached hydrogens (tertiary/aromatic N) is 3. The maximum absolute atomic E-state index is 12.0. The topological polar surface area (TPSA) is 47.2 Å². The molecule has 27 heavy (non-hydrogen) atoms. The molecule has 0 saturated carbocycles. The summed E-state index contributed by atoms with van der Waals surface area (Å²) in [6.45, 7) is 6.57. The lowest BCUT2D eigenvalue weighted by atomic mass is 9.97. The van der Waals surface area contributed by atoms with E-state index in [1.54, 1.807) is 6.07 Å². The summed E-state index contributed by atoms with van der Waals surface area (Å²) >= 11 is 6.34. The van der Waals surface area contributed by atoms with E-state index >= 15 is 0 Å². The summed E-state index contributed by atoms with van der Waals surface area (Å²) in [5, 5.41) is 0.654. The molecular formula is C22H20ClN3O. The highest BCUT2D eigenvalue weighted by Gasteiger charge is 2.21. The SMILES string of the molecule is CCc1cc(=O)nc2n1-c1ccc(Cl)cc1C(c1ccc(C)c(C)c1)=NC2. The number of aromatic nitrogens is 2. The first kappa shape index (κ1) is 17.7. The van der Waals surface area contributed by atoms with Gasteiger partial charge in [0, 0.05) is 27.9 Å². The lowest BCUT2D eigenvalue weighted by Gasteiger charge is -2.18. The first-order chi connectivity index (χ1) is 13.0. The fraction of sp³-hybridized carbons (Fsp3) is 0.227. The van der Waals surface area contributed by atoms with Crippen molar-refractivity contribution in [3.05, 3.63) is 91.6 Å². The van der Waals surface area contributed by atoms with Crippen molar-refractivity contribution in [2.75, 3.05) is 0 Å². The average molecular weight is 378 g/mol. The first-order valence-corrected chi connectivity index (χ1v) is 9.40. The van der Waals surface area contributed by atoms with E-state index in [-0.39, 0.29) is 5.56 Å². The molecule has 5 heteroatoms. The average Bonchev–Trinajstić information content (AvgIpc) is 2.80. The molecule has 0 atom stereocenters. The lowest BCUT2D eigenvalue weighted by Crippen LogP contribution is -2.19. The van der Waals surface area contributed by atoms with Crippen molar-refractivity contribution < 1.29 is 0 Å². The van der Waals surface area contributed by atoms with Crippen LogP contribution in [0.3, 0.4) is 0 Å². The zero-order chi connectivity index (χ0) is 19.1. The second-order valence-corrected chi connectivity index (χ2v) is 7.25. The standard InChI is InChI=1S/C22H20ClN3O/c1-4-17-11-21(27)25-20-12-24-22(15-6-5-13(2)14(3)9-15)18-10-16(23)7-8-19(18)26(17)20/h5-11H,4,12H2,1-3H3. The molecule has 0 unspecified atom stereocenters. The van der Waals surface area contributed by atoms with Crippen molar-refractivity contribution in [1.82, 2.24) is 9.55 Å². The second-order valence-electron chi connectivity index (χ2n) is 6.82. The molecule has 1 aliphatic rings. The van der Waals surface area contributed by atoms with Crippen molar-refractivity contribution in [1.29, 1.82) is 0 Å². The zero-order valence-electron chi connectivity index (χ0n) is 15.6. The summed E-state index contributed by atoms with van der Waals surface area (Å²) in [6, 6.07) is 13.7. The molecule has 0 saturated heterocycles. The highest BCUT2D eigenvalue weighted by molar-refractivity contribution is 6.31. The van der Waals surface area contributed by atoms with Gasteiger partial charge < -0.3 is 0 Å². The molecular weight excluding hydrogens is 358 g/mol. The monoisotopic (exact) mass is 377 g/mol. The summed E-state index contributed by atoms with van der Waals surface area (Å²) in [5.74, 6) is 0.654. The molecule has 0 aliphatic carbocycles. The normalized spacial score (nSPS) is 12.8. The van der Waals surface area contributed by atoms with E-state index < -0.39 is 0 Å². The summed E-state index contributed by atoms with van der Waals surface area (Å²) in [7, 11) is 0. The fourth-order valence-electron chi connectivity index (χ4n) is 3.51. The van der Waals surface area contributed by atoms with Crippen LogP contribution in [-0.2, 0) is 13.0 Å². The Labute approximate surface area is 163 Å². The number of benzene rings is 2. The van der Waals surface area contributed by atoms with Gasteiger partial charge in [0.1, 0.15) is 5.82 Å². The molecule has 3 aromatic rings. The Balaban J connectivity index is 2.03. The lowest BCUT2D eigenvalue weighted by molar-refractivity contribution is 0.771. The van der Waals surface area contributed by atoms with Crippen LogP contribution in [0.15, 0.2) is 52.3 Å². The number of aliphatic imine (C=N–C) groups is 1. The van der Waals surface area contributed by atoms with E-state index in [4.69, 9.17) is 16.6 Å². The Morgan fingerprint density at radius 1 is 1.07 bits per heavy atom. The Morgan fingerprint density at radius 2 is 1.89 bits per heavy atom. The summed E-state index contributed by atoms with van der Waals surface area (Å²) in [4.78, 5) is 21.1. The molecule has 0 spiro atoms. The Morgan fingerprint density at radius 3 is 2.63 bits per heavy atom. The molecule has 1 aliphatic heterocycles. The van der Waals surface area contributed by atoms with Gasteiger partial charge >= 0.3 is 0 Å². The predicted octanol–water partition coefficient (Wildman–Crippen LogP) is 4.42. The van der Waals surface area contributed by atoms with E-state index in [9.17, 15) is 4.79 Å². The highest BCUT2D eigenvalue weighted by atomic mass is 35.5. The number of hydrogen-bond donors (Lipinski definition) is 0. The molecule has 4 nitrogen and oxygen atoms in total. The maximum atomic E-state index is 12.0. The van der Waals surface area contributed by atoms with Crippen molar-refractivity contribution in [2.24, 2.45) is 4.99 Å². The van der Waals surface area contributed by atoms with Gasteiger partial charge in [0.15, 0.2) is 0 Å². The van der Waals surface area contributed by atoms with Gasteiger partial charge in [-0.05, 0) is 55.7 Å². The van der Waals surface area contributed by atoms with Gasteiger partial charge in [0.2, 0.25) is 0 Å². The number of aryl methyl sites for hydroxylation is 3. The molecule has 136 valence electrons. The smallest absolute Gasteiger partial charge is 0.273 e. The Hall–Kier alpha value is -2.72. The summed E-state index contributed by atoms with van der Waals surface area (Å²) < 4.78 is 2.05. The molecule has 0 radical (unpaired) electrons. The number of halogens is 1. The third-order valence-electron chi connectivity index (χ3n) is 5.05. The summed E-state index contributed by atoms with van der Waals surface area (Å²) in [6.07, 6.45) is 0.728. The Kier molecular flexibility index (Phi) is 4.44. The van der Waals surface area contributed by atoms with E-state index in [2.05, 4.69) is 37.0 Å². The molecule has 2 heterocycles. The number of rotatable bonds is 2. The van der Waals surface area contributed by atoms with E-state index in [1.165, 1.54) is 11.1 Å². The van der Waals surface area contributed by atoms with Gasteiger partial charge in [-0.3, -0.25) is 14.4 Å². The van der Waals surface area contributed by atoms with Gasteiger partial charge in [-0.25, -0.2) is 0 Å². The van der Waals surface area contributed by atoms with Crippen LogP contribution in [0.5, 0.6) is 0 Å². The van der Waals surface area contributed by atoms with Gasteiger partial charge in [-0.2, -0.15) is 4.98 Å². The third-order valence-corrected chi connectivity index (χ3v) is 5.29. The molecule has 0 fully saturated rings. The first-order valence-electron chi connectivity index (χ1n) is 9.02. The fourth-order valence-corrected chi connectivity index (χ4v) is 3.68. The van der Waals surface area contributed by atoms with Crippen molar-refractivity contribution in [2.45, 2.75) is 33.7 Å². The van der Waals surface area contributed by atoms with Crippen LogP contribution in [0.2, 0.25) is 5.02 Å². The highest BCUT2D eigenvalue weighted by Crippen LogP contribution is 2.28. The maximum Gasteiger partial charge on any atom is 0.273 e. The largest absolute Gasteiger partial charge is 0.300 e. The van der Waals surface area contributed by atoms with E-state index in [0.29, 0.717) is 17.4 Å². The third kappa shape index (κ3) is 3.10. The van der Waals surface area contributed by atoms with Crippen molar-refractivity contribution >= 4 is 17.3 Å². The zero-order valence-corrected chi connectivity index (χ0v) is 16.3. The minimum atomic E-state index is -0.224. The van der Waals surface area contributed by atoms with Crippen LogP contribution in [0.4, 0.5) is 0 Å². The molecule has 4 rings (SSSR count). The molecule has 0 bridgehead atoms. The van der Waals surface area contributed by atoms with Crippen LogP contribution in [0.1, 0.15) is 40.7 Å². The summed E-state index contributed by atoms with van der Waals surface area (Å²) in [5.41, 5.74) is 6.96. The molecule has 0 N–H and O–H groups in total. The molecule has 1 aromatic heterocycles. The Bertz CT molecular complexity index is 1140. The number of fused-ring (bicyclic) bond motifs is 3. The predicted molar refractivity (Wildman–Crippen MR) is 109 cm³/mol. The minimum absolute atomic E-state index is 0.224. The van der Waals surface area contributed by atoms with Gasteiger partial charge in [0.25, 0.3) is 5.56 Å². The van der Waals surface area contributed by atoms with Crippen molar-refractivity contribution in [3.8, 4) is 5.69 Å². The van der Waals surface area contributed by atoms with Crippen LogP contribution >= 0.6 is 11.6 Å². The second kappa shape index (κ2) is 6.78. The van der Waals surface area contributed by atoms with Gasteiger partial charge in [-0.1, -0.05) is 30.7 Å².